The molecular formula is C18H22FNO. The van der Waals surface area contributed by atoms with Crippen LogP contribution >= 0.6 is 0 Å². The largest absolute Gasteiger partial charge is 0.494 e. The van der Waals surface area contributed by atoms with Gasteiger partial charge in [-0.15, -0.1) is 0 Å². The SMILES string of the molecule is CCCNCc1ccc(C)cc1-c1ccc(OC)c(F)c1. The van der Waals surface area contributed by atoms with E-state index in [-0.39, 0.29) is 11.6 Å². The van der Waals surface area contributed by atoms with Crippen molar-refractivity contribution in [1.82, 2.24) is 5.32 Å². The van der Waals surface area contributed by atoms with E-state index in [9.17, 15) is 4.39 Å². The highest BCUT2D eigenvalue weighted by molar-refractivity contribution is 5.69. The molecule has 2 nitrogen and oxygen atoms in total. The van der Waals surface area contributed by atoms with Crippen molar-refractivity contribution in [3.05, 3.63) is 53.3 Å². The molecule has 0 bridgehead atoms. The average Bonchev–Trinajstić information content (AvgIpc) is 2.49. The summed E-state index contributed by atoms with van der Waals surface area (Å²) in [6.07, 6.45) is 1.10. The topological polar surface area (TPSA) is 21.3 Å². The molecule has 0 amide bonds. The minimum absolute atomic E-state index is 0.275. The summed E-state index contributed by atoms with van der Waals surface area (Å²) in [5, 5.41) is 3.40. The number of hydrogen-bond acceptors (Lipinski definition) is 2. The van der Waals surface area contributed by atoms with Gasteiger partial charge in [0.05, 0.1) is 7.11 Å². The van der Waals surface area contributed by atoms with Crippen molar-refractivity contribution in [2.75, 3.05) is 13.7 Å². The molecule has 0 spiro atoms. The first kappa shape index (κ1) is 15.5. The predicted molar refractivity (Wildman–Crippen MR) is 85.1 cm³/mol. The Bertz CT molecular complexity index is 610. The smallest absolute Gasteiger partial charge is 0.165 e. The first-order chi connectivity index (χ1) is 10.2. The van der Waals surface area contributed by atoms with Gasteiger partial charge in [0, 0.05) is 6.54 Å². The van der Waals surface area contributed by atoms with Gasteiger partial charge >= 0.3 is 0 Å². The van der Waals surface area contributed by atoms with Crippen LogP contribution in [0.4, 0.5) is 4.39 Å². The Balaban J connectivity index is 2.36. The summed E-state index contributed by atoms with van der Waals surface area (Å²) in [6, 6.07) is 11.4. The fraction of sp³-hybridized carbons (Fsp3) is 0.333. The second kappa shape index (κ2) is 7.23. The molecule has 0 heterocycles. The zero-order valence-corrected chi connectivity index (χ0v) is 12.9. The van der Waals surface area contributed by atoms with Crippen molar-refractivity contribution in [3.8, 4) is 16.9 Å². The van der Waals surface area contributed by atoms with E-state index in [1.54, 1.807) is 6.07 Å². The van der Waals surface area contributed by atoms with Crippen LogP contribution in [-0.2, 0) is 6.54 Å². The molecule has 2 aromatic rings. The van der Waals surface area contributed by atoms with E-state index < -0.39 is 0 Å². The molecule has 1 N–H and O–H groups in total. The predicted octanol–water partition coefficient (Wildman–Crippen LogP) is 4.31. The Morgan fingerprint density at radius 2 is 1.95 bits per heavy atom. The zero-order valence-electron chi connectivity index (χ0n) is 12.9. The van der Waals surface area contributed by atoms with Gasteiger partial charge in [-0.1, -0.05) is 36.8 Å². The lowest BCUT2D eigenvalue weighted by molar-refractivity contribution is 0.386. The molecule has 21 heavy (non-hydrogen) atoms. The lowest BCUT2D eigenvalue weighted by Crippen LogP contribution is -2.14. The van der Waals surface area contributed by atoms with Gasteiger partial charge in [-0.25, -0.2) is 4.39 Å². The average molecular weight is 287 g/mol. The van der Waals surface area contributed by atoms with Crippen molar-refractivity contribution in [1.29, 1.82) is 0 Å². The van der Waals surface area contributed by atoms with Gasteiger partial charge in [0.2, 0.25) is 0 Å². The number of benzene rings is 2. The fourth-order valence-corrected chi connectivity index (χ4v) is 2.35. The maximum Gasteiger partial charge on any atom is 0.165 e. The Kier molecular flexibility index (Phi) is 5.34. The zero-order chi connectivity index (χ0) is 15.2. The van der Waals surface area contributed by atoms with E-state index in [1.807, 2.05) is 13.0 Å². The standard InChI is InChI=1S/C18H22FNO/c1-4-9-20-12-15-6-5-13(2)10-16(15)14-7-8-18(21-3)17(19)11-14/h5-8,10-11,20H,4,9,12H2,1-3H3. The third-order valence-electron chi connectivity index (χ3n) is 3.47. The third-order valence-corrected chi connectivity index (χ3v) is 3.47. The second-order valence-electron chi connectivity index (χ2n) is 5.19. The Labute approximate surface area is 126 Å². The van der Waals surface area contributed by atoms with E-state index in [1.165, 1.54) is 24.3 Å². The molecule has 0 aliphatic heterocycles. The number of nitrogens with one attached hydrogen (secondary N) is 1. The highest BCUT2D eigenvalue weighted by atomic mass is 19.1. The van der Waals surface area contributed by atoms with Gasteiger partial charge in [-0.05, 0) is 48.7 Å². The molecule has 0 aliphatic carbocycles. The molecular weight excluding hydrogens is 265 g/mol. The molecule has 0 atom stereocenters. The lowest BCUT2D eigenvalue weighted by atomic mass is 9.97. The quantitative estimate of drug-likeness (QED) is 0.799. The molecule has 0 aliphatic rings. The van der Waals surface area contributed by atoms with E-state index in [2.05, 4.69) is 30.4 Å². The van der Waals surface area contributed by atoms with Crippen LogP contribution in [-0.4, -0.2) is 13.7 Å². The minimum atomic E-state index is -0.330. The van der Waals surface area contributed by atoms with Crippen LogP contribution in [0.2, 0.25) is 0 Å². The molecule has 112 valence electrons. The summed E-state index contributed by atoms with van der Waals surface area (Å²) in [5.74, 6) is -0.0546. The molecule has 2 aromatic carbocycles. The first-order valence-corrected chi connectivity index (χ1v) is 7.30. The van der Waals surface area contributed by atoms with Gasteiger partial charge < -0.3 is 10.1 Å². The highest BCUT2D eigenvalue weighted by Crippen LogP contribution is 2.29. The number of methoxy groups -OCH3 is 1. The summed E-state index contributed by atoms with van der Waals surface area (Å²) in [6.45, 7) is 5.95. The van der Waals surface area contributed by atoms with Crippen molar-refractivity contribution >= 4 is 0 Å². The number of halogens is 1. The van der Waals surface area contributed by atoms with Crippen LogP contribution in [0.5, 0.6) is 5.75 Å². The van der Waals surface area contributed by atoms with Crippen molar-refractivity contribution in [3.63, 3.8) is 0 Å². The van der Waals surface area contributed by atoms with E-state index >= 15 is 0 Å². The molecule has 0 aromatic heterocycles. The molecule has 2 rings (SSSR count). The maximum absolute atomic E-state index is 13.9. The van der Waals surface area contributed by atoms with Gasteiger partial charge in [0.15, 0.2) is 11.6 Å². The highest BCUT2D eigenvalue weighted by Gasteiger charge is 2.09. The summed E-state index contributed by atoms with van der Waals surface area (Å²) < 4.78 is 18.9. The summed E-state index contributed by atoms with van der Waals surface area (Å²) in [5.41, 5.74) is 4.30. The van der Waals surface area contributed by atoms with Crippen molar-refractivity contribution < 1.29 is 9.13 Å². The summed E-state index contributed by atoms with van der Waals surface area (Å²) in [7, 11) is 1.48. The van der Waals surface area contributed by atoms with Crippen LogP contribution in [0, 0.1) is 12.7 Å². The summed E-state index contributed by atoms with van der Waals surface area (Å²) >= 11 is 0. The summed E-state index contributed by atoms with van der Waals surface area (Å²) in [4.78, 5) is 0. The second-order valence-corrected chi connectivity index (χ2v) is 5.19. The van der Waals surface area contributed by atoms with E-state index in [0.717, 1.165) is 30.6 Å². The molecule has 0 fully saturated rings. The Morgan fingerprint density at radius 1 is 1.14 bits per heavy atom. The number of rotatable bonds is 6. The number of ether oxygens (including phenoxy) is 1. The van der Waals surface area contributed by atoms with Crippen molar-refractivity contribution in [2.24, 2.45) is 0 Å². The van der Waals surface area contributed by atoms with Crippen LogP contribution in [0.15, 0.2) is 36.4 Å². The first-order valence-electron chi connectivity index (χ1n) is 7.30. The normalized spacial score (nSPS) is 10.7. The van der Waals surface area contributed by atoms with E-state index in [0.29, 0.717) is 0 Å². The molecule has 3 heteroatoms. The van der Waals surface area contributed by atoms with Crippen LogP contribution in [0.25, 0.3) is 11.1 Å². The van der Waals surface area contributed by atoms with E-state index in [4.69, 9.17) is 4.74 Å². The maximum atomic E-state index is 13.9. The third kappa shape index (κ3) is 3.82. The van der Waals surface area contributed by atoms with Crippen LogP contribution < -0.4 is 10.1 Å². The Morgan fingerprint density at radius 3 is 2.62 bits per heavy atom. The number of hydrogen-bond donors (Lipinski definition) is 1. The minimum Gasteiger partial charge on any atom is -0.494 e. The molecule has 0 saturated carbocycles. The molecule has 0 radical (unpaired) electrons. The van der Waals surface area contributed by atoms with Gasteiger partial charge in [0.25, 0.3) is 0 Å². The fourth-order valence-electron chi connectivity index (χ4n) is 2.35. The van der Waals surface area contributed by atoms with Gasteiger partial charge in [-0.2, -0.15) is 0 Å². The van der Waals surface area contributed by atoms with Crippen LogP contribution in [0.3, 0.4) is 0 Å². The Hall–Kier alpha value is -1.87. The van der Waals surface area contributed by atoms with Gasteiger partial charge in [0.1, 0.15) is 0 Å². The van der Waals surface area contributed by atoms with Gasteiger partial charge in [-0.3, -0.25) is 0 Å². The lowest BCUT2D eigenvalue weighted by Gasteiger charge is -2.13. The van der Waals surface area contributed by atoms with Crippen molar-refractivity contribution in [2.45, 2.75) is 26.8 Å². The molecule has 0 saturated heterocycles. The number of aryl methyl sites for hydroxylation is 1. The molecule has 0 unspecified atom stereocenters. The van der Waals surface area contributed by atoms with Crippen LogP contribution in [0.1, 0.15) is 24.5 Å². The monoisotopic (exact) mass is 287 g/mol.